The highest BCUT2D eigenvalue weighted by Gasteiger charge is 2.28. The minimum absolute atomic E-state index is 0.715. The molecule has 2 saturated heterocycles. The zero-order valence-electron chi connectivity index (χ0n) is 19.3. The Morgan fingerprint density at radius 1 is 1.14 bits per heavy atom. The third-order valence-electron chi connectivity index (χ3n) is 6.95. The number of methoxy groups -OCH3 is 1. The van der Waals surface area contributed by atoms with Crippen LogP contribution in [0.2, 0.25) is 0 Å². The maximum absolute atomic E-state index is 5.26. The molecule has 3 heterocycles. The molecule has 3 rings (SSSR count). The molecule has 0 bridgehead atoms. The van der Waals surface area contributed by atoms with Gasteiger partial charge in [-0.15, -0.1) is 0 Å². The SMILES string of the molecule is CCc1nc(CN(CC2CCN(CCOC)CC2)CC2CCCN2CC)c(C)[nH]1. The quantitative estimate of drug-likeness (QED) is 0.613. The van der Waals surface area contributed by atoms with E-state index in [9.17, 15) is 0 Å². The summed E-state index contributed by atoms with van der Waals surface area (Å²) in [7, 11) is 1.80. The Morgan fingerprint density at radius 2 is 1.93 bits per heavy atom. The summed E-state index contributed by atoms with van der Waals surface area (Å²) in [6.07, 6.45) is 6.29. The van der Waals surface area contributed by atoms with Gasteiger partial charge in [-0.3, -0.25) is 9.80 Å². The molecule has 2 aliphatic heterocycles. The second kappa shape index (κ2) is 11.4. The largest absolute Gasteiger partial charge is 0.383 e. The van der Waals surface area contributed by atoms with E-state index in [0.717, 1.165) is 37.9 Å². The first kappa shape index (κ1) is 22.7. The number of rotatable bonds is 11. The standard InChI is InChI=1S/C23H43N5O/c1-5-23-24-19(3)22(25-23)18-27(17-21-8-7-11-28(21)6-2)16-20-9-12-26(13-10-20)14-15-29-4/h20-21H,5-18H2,1-4H3,(H,24,25). The number of nitrogens with one attached hydrogen (secondary N) is 1. The van der Waals surface area contributed by atoms with Gasteiger partial charge in [-0.05, 0) is 64.7 Å². The molecule has 2 aliphatic rings. The zero-order chi connectivity index (χ0) is 20.6. The van der Waals surface area contributed by atoms with Gasteiger partial charge in [-0.2, -0.15) is 0 Å². The van der Waals surface area contributed by atoms with Crippen LogP contribution in [0.4, 0.5) is 0 Å². The highest BCUT2D eigenvalue weighted by atomic mass is 16.5. The summed E-state index contributed by atoms with van der Waals surface area (Å²) in [4.78, 5) is 16.3. The molecule has 1 atom stereocenters. The van der Waals surface area contributed by atoms with E-state index in [-0.39, 0.29) is 0 Å². The van der Waals surface area contributed by atoms with E-state index in [4.69, 9.17) is 9.72 Å². The molecule has 166 valence electrons. The smallest absolute Gasteiger partial charge is 0.106 e. The molecule has 0 spiro atoms. The first-order valence-corrected chi connectivity index (χ1v) is 11.8. The predicted octanol–water partition coefficient (Wildman–Crippen LogP) is 2.93. The average Bonchev–Trinajstić information content (AvgIpc) is 3.33. The third-order valence-corrected chi connectivity index (χ3v) is 6.95. The lowest BCUT2D eigenvalue weighted by molar-refractivity contribution is 0.0960. The first-order chi connectivity index (χ1) is 14.1. The van der Waals surface area contributed by atoms with Crippen LogP contribution in [0.1, 0.15) is 56.7 Å². The van der Waals surface area contributed by atoms with Gasteiger partial charge in [0.2, 0.25) is 0 Å². The molecule has 1 unspecified atom stereocenters. The molecular formula is C23H43N5O. The molecule has 29 heavy (non-hydrogen) atoms. The van der Waals surface area contributed by atoms with Gasteiger partial charge in [0.25, 0.3) is 0 Å². The summed E-state index contributed by atoms with van der Waals surface area (Å²) in [5.41, 5.74) is 2.50. The van der Waals surface area contributed by atoms with Crippen molar-refractivity contribution in [3.05, 3.63) is 17.2 Å². The van der Waals surface area contributed by atoms with Crippen molar-refractivity contribution in [1.29, 1.82) is 0 Å². The normalized spacial score (nSPS) is 22.2. The average molecular weight is 406 g/mol. The van der Waals surface area contributed by atoms with Crippen LogP contribution in [-0.4, -0.2) is 90.2 Å². The van der Waals surface area contributed by atoms with Crippen LogP contribution in [0.25, 0.3) is 0 Å². The molecule has 1 aromatic rings. The Labute approximate surface area is 178 Å². The molecule has 0 aliphatic carbocycles. The lowest BCUT2D eigenvalue weighted by Crippen LogP contribution is -2.44. The fraction of sp³-hybridized carbons (Fsp3) is 0.870. The third kappa shape index (κ3) is 6.51. The van der Waals surface area contributed by atoms with E-state index in [1.54, 1.807) is 7.11 Å². The molecule has 6 nitrogen and oxygen atoms in total. The Hall–Kier alpha value is -0.950. The van der Waals surface area contributed by atoms with Gasteiger partial charge in [0.05, 0.1) is 12.3 Å². The Bertz CT molecular complexity index is 596. The molecule has 6 heteroatoms. The number of aromatic nitrogens is 2. The van der Waals surface area contributed by atoms with Crippen molar-refractivity contribution in [3.8, 4) is 0 Å². The molecule has 0 amide bonds. The second-order valence-electron chi connectivity index (χ2n) is 9.01. The molecular weight excluding hydrogens is 362 g/mol. The molecule has 1 N–H and O–H groups in total. The Kier molecular flexibility index (Phi) is 8.97. The summed E-state index contributed by atoms with van der Waals surface area (Å²) < 4.78 is 5.26. The fourth-order valence-electron chi connectivity index (χ4n) is 5.09. The van der Waals surface area contributed by atoms with Crippen LogP contribution in [0.5, 0.6) is 0 Å². The number of hydrogen-bond donors (Lipinski definition) is 1. The van der Waals surface area contributed by atoms with Crippen LogP contribution in [0.15, 0.2) is 0 Å². The lowest BCUT2D eigenvalue weighted by Gasteiger charge is -2.36. The Balaban J connectivity index is 1.60. The van der Waals surface area contributed by atoms with Crippen molar-refractivity contribution in [1.82, 2.24) is 24.7 Å². The number of piperidine rings is 1. The van der Waals surface area contributed by atoms with Crippen LogP contribution < -0.4 is 0 Å². The van der Waals surface area contributed by atoms with Crippen molar-refractivity contribution in [2.24, 2.45) is 5.92 Å². The minimum Gasteiger partial charge on any atom is -0.383 e. The van der Waals surface area contributed by atoms with E-state index < -0.39 is 0 Å². The summed E-state index contributed by atoms with van der Waals surface area (Å²) >= 11 is 0. The van der Waals surface area contributed by atoms with E-state index in [1.165, 1.54) is 76.3 Å². The monoisotopic (exact) mass is 405 g/mol. The van der Waals surface area contributed by atoms with Crippen LogP contribution in [0, 0.1) is 12.8 Å². The highest BCUT2D eigenvalue weighted by molar-refractivity contribution is 5.13. The van der Waals surface area contributed by atoms with Crippen molar-refractivity contribution >= 4 is 0 Å². The lowest BCUT2D eigenvalue weighted by atomic mass is 9.95. The van der Waals surface area contributed by atoms with E-state index >= 15 is 0 Å². The Morgan fingerprint density at radius 3 is 2.59 bits per heavy atom. The van der Waals surface area contributed by atoms with Gasteiger partial charge < -0.3 is 14.6 Å². The van der Waals surface area contributed by atoms with Gasteiger partial charge >= 0.3 is 0 Å². The van der Waals surface area contributed by atoms with Gasteiger partial charge in [0.15, 0.2) is 0 Å². The first-order valence-electron chi connectivity index (χ1n) is 11.8. The number of likely N-dealkylation sites (N-methyl/N-ethyl adjacent to an activating group) is 1. The van der Waals surface area contributed by atoms with Gasteiger partial charge in [0.1, 0.15) is 5.82 Å². The van der Waals surface area contributed by atoms with Crippen LogP contribution in [0.3, 0.4) is 0 Å². The van der Waals surface area contributed by atoms with Gasteiger partial charge in [-0.1, -0.05) is 13.8 Å². The number of aryl methyl sites for hydroxylation is 2. The molecule has 1 aromatic heterocycles. The summed E-state index contributed by atoms with van der Waals surface area (Å²) in [5.74, 6) is 1.93. The van der Waals surface area contributed by atoms with Gasteiger partial charge in [0, 0.05) is 51.4 Å². The highest BCUT2D eigenvalue weighted by Crippen LogP contribution is 2.23. The van der Waals surface area contributed by atoms with E-state index in [1.807, 2.05) is 0 Å². The zero-order valence-corrected chi connectivity index (χ0v) is 19.3. The summed E-state index contributed by atoms with van der Waals surface area (Å²) in [5, 5.41) is 0. The number of ether oxygens (including phenoxy) is 1. The van der Waals surface area contributed by atoms with Gasteiger partial charge in [-0.25, -0.2) is 4.98 Å². The predicted molar refractivity (Wildman–Crippen MR) is 119 cm³/mol. The summed E-state index contributed by atoms with van der Waals surface area (Å²) in [6, 6.07) is 0.715. The molecule has 2 fully saturated rings. The van der Waals surface area contributed by atoms with Crippen LogP contribution >= 0.6 is 0 Å². The molecule has 0 aromatic carbocycles. The minimum atomic E-state index is 0.715. The molecule has 0 radical (unpaired) electrons. The number of aromatic amines is 1. The second-order valence-corrected chi connectivity index (χ2v) is 9.01. The van der Waals surface area contributed by atoms with Crippen molar-refractivity contribution < 1.29 is 4.74 Å². The number of nitrogens with zero attached hydrogens (tertiary/aromatic N) is 4. The maximum atomic E-state index is 5.26. The topological polar surface area (TPSA) is 47.6 Å². The van der Waals surface area contributed by atoms with Crippen molar-refractivity contribution in [2.75, 3.05) is 59.5 Å². The van der Waals surface area contributed by atoms with E-state index in [0.29, 0.717) is 6.04 Å². The maximum Gasteiger partial charge on any atom is 0.106 e. The number of H-pyrrole nitrogens is 1. The number of likely N-dealkylation sites (tertiary alicyclic amines) is 2. The van der Waals surface area contributed by atoms with E-state index in [2.05, 4.69) is 40.5 Å². The van der Waals surface area contributed by atoms with Crippen molar-refractivity contribution in [2.45, 2.75) is 65.5 Å². The number of imidazole rings is 1. The fourth-order valence-corrected chi connectivity index (χ4v) is 5.09. The number of hydrogen-bond acceptors (Lipinski definition) is 5. The van der Waals surface area contributed by atoms with Crippen molar-refractivity contribution in [3.63, 3.8) is 0 Å². The van der Waals surface area contributed by atoms with Crippen LogP contribution in [-0.2, 0) is 17.7 Å². The summed E-state index contributed by atoms with van der Waals surface area (Å²) in [6.45, 7) is 16.9. The molecule has 0 saturated carbocycles.